The summed E-state index contributed by atoms with van der Waals surface area (Å²) >= 11 is 0. The molecule has 10 rings (SSSR count). The summed E-state index contributed by atoms with van der Waals surface area (Å²) in [5, 5.41) is 4.74. The molecule has 0 amide bonds. The van der Waals surface area contributed by atoms with Crippen LogP contribution in [0.1, 0.15) is 12.0 Å². The number of rotatable bonds is 4. The van der Waals surface area contributed by atoms with Gasteiger partial charge in [-0.1, -0.05) is 115 Å². The SMILES string of the molecule is C1=CCC2C(=C1)c1cc3c(ccn3-c3ccccc3)cc1N2c1nc(-c2ccc(-c3ccc4ccccc4c3)cc2)c2ccccc2n1. The highest BCUT2D eigenvalue weighted by Crippen LogP contribution is 2.49. The fourth-order valence-electron chi connectivity index (χ4n) is 7.54. The van der Waals surface area contributed by atoms with Crippen LogP contribution in [0.3, 0.4) is 0 Å². The van der Waals surface area contributed by atoms with Gasteiger partial charge < -0.3 is 9.47 Å². The molecular weight excluding hydrogens is 585 g/mol. The number of anilines is 2. The summed E-state index contributed by atoms with van der Waals surface area (Å²) in [5.74, 6) is 0.731. The van der Waals surface area contributed by atoms with Gasteiger partial charge in [-0.05, 0) is 76.4 Å². The third-order valence-electron chi connectivity index (χ3n) is 9.90. The summed E-state index contributed by atoms with van der Waals surface area (Å²) < 4.78 is 2.28. The predicted octanol–water partition coefficient (Wildman–Crippen LogP) is 10.9. The molecule has 2 aromatic heterocycles. The number of hydrogen-bond acceptors (Lipinski definition) is 3. The molecule has 6 aromatic carbocycles. The van der Waals surface area contributed by atoms with Gasteiger partial charge in [0.1, 0.15) is 0 Å². The normalized spacial score (nSPS) is 15.2. The molecule has 0 saturated carbocycles. The molecule has 8 aromatic rings. The number of hydrogen-bond donors (Lipinski definition) is 0. The average Bonchev–Trinajstić information content (AvgIpc) is 3.72. The monoisotopic (exact) mass is 614 g/mol. The molecular formula is C44H30N4. The lowest BCUT2D eigenvalue weighted by Gasteiger charge is -2.27. The Kier molecular flexibility index (Phi) is 5.97. The van der Waals surface area contributed by atoms with Crippen molar-refractivity contribution < 1.29 is 0 Å². The van der Waals surface area contributed by atoms with Crippen molar-refractivity contribution in [3.05, 3.63) is 170 Å². The first-order chi connectivity index (χ1) is 23.8. The van der Waals surface area contributed by atoms with Crippen LogP contribution in [0.15, 0.2) is 164 Å². The lowest BCUT2D eigenvalue weighted by molar-refractivity contribution is 0.805. The summed E-state index contributed by atoms with van der Waals surface area (Å²) in [5.41, 5.74) is 11.4. The van der Waals surface area contributed by atoms with E-state index in [0.717, 1.165) is 45.9 Å². The average molecular weight is 615 g/mol. The molecule has 226 valence electrons. The third-order valence-corrected chi connectivity index (χ3v) is 9.90. The van der Waals surface area contributed by atoms with Crippen LogP contribution >= 0.6 is 0 Å². The first kappa shape index (κ1) is 26.9. The maximum Gasteiger partial charge on any atom is 0.231 e. The standard InChI is InChI=1S/C44H30N4/c1-2-12-35(13-3-1)47-25-24-34-27-42-38(28-41(34)47)36-14-7-9-17-40(36)48(42)44-45-39-16-8-6-15-37(39)43(46-44)31-21-18-30(19-22-31)33-23-20-29-10-4-5-11-32(29)26-33/h1-16,18-28,40H,17H2. The van der Waals surface area contributed by atoms with Gasteiger partial charge in [-0.25, -0.2) is 9.97 Å². The number of nitrogens with zero attached hydrogens (tertiary/aromatic N) is 4. The van der Waals surface area contributed by atoms with Gasteiger partial charge >= 0.3 is 0 Å². The zero-order valence-electron chi connectivity index (χ0n) is 26.2. The van der Waals surface area contributed by atoms with E-state index in [1.54, 1.807) is 0 Å². The van der Waals surface area contributed by atoms with Crippen LogP contribution in [0.5, 0.6) is 0 Å². The van der Waals surface area contributed by atoms with Crippen molar-refractivity contribution >= 4 is 49.8 Å². The zero-order valence-corrected chi connectivity index (χ0v) is 26.2. The van der Waals surface area contributed by atoms with Crippen molar-refractivity contribution in [1.82, 2.24) is 14.5 Å². The number of fused-ring (bicyclic) bond motifs is 6. The van der Waals surface area contributed by atoms with Crippen molar-refractivity contribution in [1.29, 1.82) is 0 Å². The molecule has 2 aliphatic rings. The fraction of sp³-hybridized carbons (Fsp3) is 0.0455. The fourth-order valence-corrected chi connectivity index (χ4v) is 7.54. The summed E-state index contributed by atoms with van der Waals surface area (Å²) in [7, 11) is 0. The van der Waals surface area contributed by atoms with Crippen LogP contribution in [-0.4, -0.2) is 20.6 Å². The number of aromatic nitrogens is 3. The first-order valence-corrected chi connectivity index (χ1v) is 16.5. The minimum absolute atomic E-state index is 0.131. The quantitative estimate of drug-likeness (QED) is 0.198. The summed E-state index contributed by atoms with van der Waals surface area (Å²) in [6.45, 7) is 0. The van der Waals surface area contributed by atoms with E-state index in [1.807, 2.05) is 0 Å². The molecule has 0 fully saturated rings. The molecule has 4 nitrogen and oxygen atoms in total. The summed E-state index contributed by atoms with van der Waals surface area (Å²) in [6, 6.07) is 49.9. The molecule has 0 radical (unpaired) electrons. The minimum Gasteiger partial charge on any atom is -0.317 e. The molecule has 0 bridgehead atoms. The van der Waals surface area contributed by atoms with Crippen LogP contribution in [0.4, 0.5) is 11.6 Å². The molecule has 0 saturated heterocycles. The highest BCUT2D eigenvalue weighted by Gasteiger charge is 2.37. The topological polar surface area (TPSA) is 34.0 Å². The largest absolute Gasteiger partial charge is 0.317 e. The van der Waals surface area contributed by atoms with Crippen LogP contribution in [-0.2, 0) is 0 Å². The Bertz CT molecular complexity index is 2590. The van der Waals surface area contributed by atoms with E-state index in [1.165, 1.54) is 43.9 Å². The molecule has 1 atom stereocenters. The van der Waals surface area contributed by atoms with Gasteiger partial charge in [0.15, 0.2) is 0 Å². The van der Waals surface area contributed by atoms with Crippen LogP contribution in [0.25, 0.3) is 66.2 Å². The van der Waals surface area contributed by atoms with Gasteiger partial charge in [0.05, 0.1) is 28.5 Å². The Morgan fingerprint density at radius 1 is 0.604 bits per heavy atom. The third kappa shape index (κ3) is 4.23. The maximum atomic E-state index is 5.38. The van der Waals surface area contributed by atoms with E-state index < -0.39 is 0 Å². The van der Waals surface area contributed by atoms with E-state index in [0.29, 0.717) is 0 Å². The highest BCUT2D eigenvalue weighted by molar-refractivity contribution is 6.01. The van der Waals surface area contributed by atoms with Crippen LogP contribution in [0, 0.1) is 0 Å². The molecule has 1 unspecified atom stereocenters. The smallest absolute Gasteiger partial charge is 0.231 e. The van der Waals surface area contributed by atoms with Crippen molar-refractivity contribution in [3.63, 3.8) is 0 Å². The summed E-state index contributed by atoms with van der Waals surface area (Å²) in [6.07, 6.45) is 9.77. The number of allylic oxidation sites excluding steroid dienone is 2. The van der Waals surface area contributed by atoms with E-state index >= 15 is 0 Å². The van der Waals surface area contributed by atoms with Crippen molar-refractivity contribution in [3.8, 4) is 28.1 Å². The van der Waals surface area contributed by atoms with E-state index in [-0.39, 0.29) is 6.04 Å². The second-order valence-corrected chi connectivity index (χ2v) is 12.6. The Hall–Kier alpha value is -6.26. The maximum absolute atomic E-state index is 5.38. The first-order valence-electron chi connectivity index (χ1n) is 16.5. The predicted molar refractivity (Wildman–Crippen MR) is 199 cm³/mol. The van der Waals surface area contributed by atoms with Gasteiger partial charge in [-0.15, -0.1) is 0 Å². The van der Waals surface area contributed by atoms with Crippen LogP contribution in [0.2, 0.25) is 0 Å². The van der Waals surface area contributed by atoms with Gasteiger partial charge in [0, 0.05) is 33.8 Å². The molecule has 0 N–H and O–H groups in total. The van der Waals surface area contributed by atoms with E-state index in [4.69, 9.17) is 9.97 Å². The molecule has 4 heteroatoms. The van der Waals surface area contributed by atoms with Crippen LogP contribution < -0.4 is 4.90 Å². The number of para-hydroxylation sites is 2. The van der Waals surface area contributed by atoms with Gasteiger partial charge in [-0.3, -0.25) is 0 Å². The Morgan fingerprint density at radius 3 is 2.27 bits per heavy atom. The van der Waals surface area contributed by atoms with Crippen molar-refractivity contribution in [2.45, 2.75) is 12.5 Å². The van der Waals surface area contributed by atoms with Gasteiger partial charge in [0.25, 0.3) is 0 Å². The molecule has 1 aliphatic heterocycles. The second kappa shape index (κ2) is 10.6. The lowest BCUT2D eigenvalue weighted by Crippen LogP contribution is -2.28. The zero-order chi connectivity index (χ0) is 31.6. The van der Waals surface area contributed by atoms with Gasteiger partial charge in [-0.2, -0.15) is 0 Å². The van der Waals surface area contributed by atoms with E-state index in [9.17, 15) is 0 Å². The minimum atomic E-state index is 0.131. The Balaban J connectivity index is 1.10. The Labute approximate surface area is 278 Å². The Morgan fingerprint density at radius 2 is 1.38 bits per heavy atom. The highest BCUT2D eigenvalue weighted by atomic mass is 15.3. The molecule has 3 heterocycles. The van der Waals surface area contributed by atoms with Crippen molar-refractivity contribution in [2.24, 2.45) is 0 Å². The summed E-state index contributed by atoms with van der Waals surface area (Å²) in [4.78, 5) is 13.0. The lowest BCUT2D eigenvalue weighted by atomic mass is 9.95. The molecule has 0 spiro atoms. The second-order valence-electron chi connectivity index (χ2n) is 12.6. The number of benzene rings is 6. The molecule has 48 heavy (non-hydrogen) atoms. The molecule has 1 aliphatic carbocycles. The van der Waals surface area contributed by atoms with E-state index in [2.05, 4.69) is 173 Å². The van der Waals surface area contributed by atoms with Crippen molar-refractivity contribution in [2.75, 3.05) is 4.90 Å². The van der Waals surface area contributed by atoms with Gasteiger partial charge in [0.2, 0.25) is 5.95 Å².